The van der Waals surface area contributed by atoms with Crippen molar-refractivity contribution in [2.24, 2.45) is 11.8 Å². The molecule has 3 aliphatic rings. The van der Waals surface area contributed by atoms with Gasteiger partial charge in [-0.3, -0.25) is 9.69 Å². The number of Topliss-reactive ketones (excluding diaryl/α,β-unsaturated/α-hetero) is 1. The summed E-state index contributed by atoms with van der Waals surface area (Å²) in [5.74, 6) is 2.37. The lowest BCUT2D eigenvalue weighted by Crippen LogP contribution is -2.38. The molecule has 3 heterocycles. The topological polar surface area (TPSA) is 68.2 Å². The van der Waals surface area contributed by atoms with Crippen LogP contribution in [0.4, 0.5) is 0 Å². The maximum Gasteiger partial charge on any atom is 0.231 e. The number of piperidine rings is 1. The van der Waals surface area contributed by atoms with Gasteiger partial charge in [-0.2, -0.15) is 0 Å². The zero-order chi connectivity index (χ0) is 22.4. The predicted molar refractivity (Wildman–Crippen MR) is 121 cm³/mol. The first-order chi connectivity index (χ1) is 15.4. The smallest absolute Gasteiger partial charge is 0.231 e. The standard InChI is InChI=1S/C25H26ClNO5/c1-14-5-15(2)10-27(9-14)11-20-21(28)4-3-19-23(29)22(32-25(19)20)8-16-6-18(26)7-17-12-30-13-31-24(16)17/h3-4,6-8,14-15,28H,5,9-13H2,1-2H3/b22-8-/t14-,15-/m0/s1. The molecular weight excluding hydrogens is 430 g/mol. The van der Waals surface area contributed by atoms with E-state index in [1.54, 1.807) is 30.3 Å². The molecule has 0 aromatic heterocycles. The van der Waals surface area contributed by atoms with E-state index >= 15 is 0 Å². The Labute approximate surface area is 192 Å². The molecule has 2 atom stereocenters. The maximum atomic E-state index is 13.1. The number of likely N-dealkylation sites (tertiary alicyclic amines) is 1. The minimum Gasteiger partial charge on any atom is -0.507 e. The molecule has 3 aliphatic heterocycles. The van der Waals surface area contributed by atoms with E-state index in [1.807, 2.05) is 0 Å². The number of hydrogen-bond acceptors (Lipinski definition) is 6. The van der Waals surface area contributed by atoms with Crippen molar-refractivity contribution in [1.82, 2.24) is 4.90 Å². The van der Waals surface area contributed by atoms with Crippen molar-refractivity contribution in [3.05, 3.63) is 57.3 Å². The van der Waals surface area contributed by atoms with Crippen LogP contribution in [0.3, 0.4) is 0 Å². The van der Waals surface area contributed by atoms with Gasteiger partial charge in [0.25, 0.3) is 0 Å². The lowest BCUT2D eigenvalue weighted by molar-refractivity contribution is -0.0165. The minimum atomic E-state index is -0.220. The molecule has 0 spiro atoms. The first kappa shape index (κ1) is 21.3. The molecule has 7 heteroatoms. The molecule has 1 fully saturated rings. The van der Waals surface area contributed by atoms with Gasteiger partial charge in [-0.25, -0.2) is 0 Å². The summed E-state index contributed by atoms with van der Waals surface area (Å²) in [6.45, 7) is 7.49. The number of phenolic OH excluding ortho intramolecular Hbond substituents is 1. The second-order valence-electron chi connectivity index (χ2n) is 9.11. The Balaban J connectivity index is 1.48. The highest BCUT2D eigenvalue weighted by molar-refractivity contribution is 6.31. The van der Waals surface area contributed by atoms with E-state index in [9.17, 15) is 9.90 Å². The first-order valence-corrected chi connectivity index (χ1v) is 11.3. The number of carbonyl (C=O) groups is 1. The monoisotopic (exact) mass is 455 g/mol. The lowest BCUT2D eigenvalue weighted by Gasteiger charge is -2.35. The van der Waals surface area contributed by atoms with Crippen molar-refractivity contribution in [3.8, 4) is 17.2 Å². The summed E-state index contributed by atoms with van der Waals surface area (Å²) in [6, 6.07) is 6.74. The van der Waals surface area contributed by atoms with Gasteiger partial charge >= 0.3 is 0 Å². The van der Waals surface area contributed by atoms with E-state index in [4.69, 9.17) is 25.8 Å². The number of allylic oxidation sites excluding steroid dienone is 1. The van der Waals surface area contributed by atoms with E-state index in [0.717, 1.165) is 18.7 Å². The van der Waals surface area contributed by atoms with Crippen LogP contribution in [0, 0.1) is 11.8 Å². The molecule has 32 heavy (non-hydrogen) atoms. The molecule has 0 aliphatic carbocycles. The SMILES string of the molecule is C[C@H]1C[C@H](C)CN(Cc2c(O)ccc3c2O/C(=C\c2cc(Cl)cc4c2OCOC4)C3=O)C1. The van der Waals surface area contributed by atoms with Crippen LogP contribution in [0.1, 0.15) is 47.3 Å². The summed E-state index contributed by atoms with van der Waals surface area (Å²) < 4.78 is 17.0. The maximum absolute atomic E-state index is 13.1. The highest BCUT2D eigenvalue weighted by Crippen LogP contribution is 2.42. The average molecular weight is 456 g/mol. The van der Waals surface area contributed by atoms with Crippen LogP contribution >= 0.6 is 11.6 Å². The third-order valence-corrected chi connectivity index (χ3v) is 6.45. The number of nitrogens with zero attached hydrogens (tertiary/aromatic N) is 1. The van der Waals surface area contributed by atoms with Gasteiger partial charge < -0.3 is 19.3 Å². The van der Waals surface area contributed by atoms with E-state index in [-0.39, 0.29) is 24.1 Å². The van der Waals surface area contributed by atoms with Crippen molar-refractivity contribution in [2.75, 3.05) is 19.9 Å². The number of halogens is 1. The Bertz CT molecular complexity index is 1100. The van der Waals surface area contributed by atoms with Gasteiger partial charge in [0.05, 0.1) is 17.7 Å². The third kappa shape index (κ3) is 3.98. The number of rotatable bonds is 3. The van der Waals surface area contributed by atoms with Crippen molar-refractivity contribution in [1.29, 1.82) is 0 Å². The van der Waals surface area contributed by atoms with Crippen molar-refractivity contribution in [2.45, 2.75) is 33.4 Å². The van der Waals surface area contributed by atoms with Crippen molar-refractivity contribution < 1.29 is 24.1 Å². The van der Waals surface area contributed by atoms with Gasteiger partial charge in [-0.1, -0.05) is 25.4 Å². The number of aromatic hydroxyl groups is 1. The van der Waals surface area contributed by atoms with Crippen LogP contribution < -0.4 is 9.47 Å². The number of fused-ring (bicyclic) bond motifs is 2. The molecule has 0 bridgehead atoms. The Morgan fingerprint density at radius 3 is 2.75 bits per heavy atom. The molecule has 1 N–H and O–H groups in total. The fourth-order valence-electron chi connectivity index (χ4n) is 5.05. The Morgan fingerprint density at radius 2 is 1.97 bits per heavy atom. The lowest BCUT2D eigenvalue weighted by atomic mass is 9.91. The summed E-state index contributed by atoms with van der Waals surface area (Å²) in [6.07, 6.45) is 2.86. The second-order valence-corrected chi connectivity index (χ2v) is 9.55. The minimum absolute atomic E-state index is 0.143. The zero-order valence-electron chi connectivity index (χ0n) is 18.2. The first-order valence-electron chi connectivity index (χ1n) is 10.9. The van der Waals surface area contributed by atoms with Gasteiger partial charge in [0.1, 0.15) is 17.2 Å². The van der Waals surface area contributed by atoms with Crippen LogP contribution in [0.2, 0.25) is 5.02 Å². The van der Waals surface area contributed by atoms with Crippen LogP contribution in [-0.2, 0) is 17.9 Å². The number of hydrogen-bond donors (Lipinski definition) is 1. The predicted octanol–water partition coefficient (Wildman–Crippen LogP) is 5.01. The van der Waals surface area contributed by atoms with Gasteiger partial charge in [0, 0.05) is 35.8 Å². The van der Waals surface area contributed by atoms with Gasteiger partial charge in [0.15, 0.2) is 12.6 Å². The summed E-state index contributed by atoms with van der Waals surface area (Å²) in [5.41, 5.74) is 2.60. The molecule has 0 amide bonds. The highest BCUT2D eigenvalue weighted by atomic mass is 35.5. The molecule has 5 rings (SSSR count). The van der Waals surface area contributed by atoms with Crippen LogP contribution in [-0.4, -0.2) is 35.7 Å². The summed E-state index contributed by atoms with van der Waals surface area (Å²) in [5, 5.41) is 11.1. The summed E-state index contributed by atoms with van der Waals surface area (Å²) in [7, 11) is 0. The van der Waals surface area contributed by atoms with E-state index in [1.165, 1.54) is 6.42 Å². The number of benzene rings is 2. The Morgan fingerprint density at radius 1 is 1.19 bits per heavy atom. The zero-order valence-corrected chi connectivity index (χ0v) is 18.9. The fraction of sp³-hybridized carbons (Fsp3) is 0.400. The molecule has 0 unspecified atom stereocenters. The molecule has 6 nitrogen and oxygen atoms in total. The highest BCUT2D eigenvalue weighted by Gasteiger charge is 2.33. The molecule has 2 aromatic rings. The quantitative estimate of drug-likeness (QED) is 0.656. The number of ether oxygens (including phenoxy) is 3. The van der Waals surface area contributed by atoms with E-state index in [2.05, 4.69) is 18.7 Å². The van der Waals surface area contributed by atoms with Crippen LogP contribution in [0.15, 0.2) is 30.0 Å². The number of carbonyl (C=O) groups excluding carboxylic acids is 1. The summed E-state index contributed by atoms with van der Waals surface area (Å²) in [4.78, 5) is 15.5. The van der Waals surface area contributed by atoms with E-state index < -0.39 is 0 Å². The molecule has 1 saturated heterocycles. The largest absolute Gasteiger partial charge is 0.507 e. The normalized spacial score (nSPS) is 24.1. The third-order valence-electron chi connectivity index (χ3n) is 6.23. The van der Waals surface area contributed by atoms with Crippen LogP contribution in [0.5, 0.6) is 17.2 Å². The van der Waals surface area contributed by atoms with E-state index in [0.29, 0.717) is 58.2 Å². The van der Waals surface area contributed by atoms with Gasteiger partial charge in [-0.05, 0) is 48.6 Å². The average Bonchev–Trinajstić information content (AvgIpc) is 3.05. The molecular formula is C25H26ClNO5. The van der Waals surface area contributed by atoms with Crippen molar-refractivity contribution in [3.63, 3.8) is 0 Å². The van der Waals surface area contributed by atoms with Gasteiger partial charge in [-0.15, -0.1) is 0 Å². The molecule has 2 aromatic carbocycles. The molecule has 0 radical (unpaired) electrons. The number of phenols is 1. The second kappa shape index (κ2) is 8.43. The van der Waals surface area contributed by atoms with Crippen LogP contribution in [0.25, 0.3) is 6.08 Å². The fourth-order valence-corrected chi connectivity index (χ4v) is 5.30. The van der Waals surface area contributed by atoms with Gasteiger partial charge in [0.2, 0.25) is 5.78 Å². The summed E-state index contributed by atoms with van der Waals surface area (Å²) >= 11 is 6.27. The molecule has 168 valence electrons. The Kier molecular flexibility index (Phi) is 5.61. The number of ketones is 1. The van der Waals surface area contributed by atoms with Crippen molar-refractivity contribution >= 4 is 23.5 Å². The molecule has 0 saturated carbocycles. The Hall–Kier alpha value is -2.54.